The molecule has 8 heteroatoms. The van der Waals surface area contributed by atoms with Crippen LogP contribution in [0.2, 0.25) is 0 Å². The number of anilines is 1. The minimum Gasteiger partial charge on any atom is -0.453 e. The first-order valence-corrected chi connectivity index (χ1v) is 15.2. The van der Waals surface area contributed by atoms with Crippen molar-refractivity contribution >= 4 is 17.6 Å². The fourth-order valence-corrected chi connectivity index (χ4v) is 5.46. The molecule has 1 heterocycles. The Balaban J connectivity index is 1.36. The molecule has 0 radical (unpaired) electrons. The van der Waals surface area contributed by atoms with Crippen LogP contribution in [0.4, 0.5) is 5.69 Å². The maximum absolute atomic E-state index is 12.4. The first-order chi connectivity index (χ1) is 21.9. The van der Waals surface area contributed by atoms with Crippen molar-refractivity contribution in [3.8, 4) is 0 Å². The van der Waals surface area contributed by atoms with Crippen molar-refractivity contribution in [2.24, 2.45) is 0 Å². The molecule has 0 saturated carbocycles. The van der Waals surface area contributed by atoms with Crippen molar-refractivity contribution in [3.05, 3.63) is 137 Å². The SMILES string of the molecule is CC(=O)O[C@@H](C)C(=O)Nc1ccc([C@@H]2O[C@H](CN(Cc3ccccc3)Cc3ccccc3)C[C@H](c3ccc(CO)cc3)O2)cc1. The van der Waals surface area contributed by atoms with Crippen molar-refractivity contribution in [1.82, 2.24) is 4.90 Å². The number of esters is 1. The summed E-state index contributed by atoms with van der Waals surface area (Å²) >= 11 is 0. The Morgan fingerprint density at radius 1 is 0.822 bits per heavy atom. The van der Waals surface area contributed by atoms with Crippen LogP contribution in [0, 0.1) is 0 Å². The highest BCUT2D eigenvalue weighted by Crippen LogP contribution is 2.38. The van der Waals surface area contributed by atoms with E-state index in [1.807, 2.05) is 48.5 Å². The lowest BCUT2D eigenvalue weighted by Gasteiger charge is -2.38. The van der Waals surface area contributed by atoms with Crippen molar-refractivity contribution in [2.45, 2.75) is 64.6 Å². The molecule has 4 aromatic carbocycles. The highest BCUT2D eigenvalue weighted by Gasteiger charge is 2.33. The van der Waals surface area contributed by atoms with Gasteiger partial charge in [0.1, 0.15) is 0 Å². The van der Waals surface area contributed by atoms with Gasteiger partial charge in [0.05, 0.1) is 18.8 Å². The van der Waals surface area contributed by atoms with Crippen LogP contribution in [0.1, 0.15) is 60.5 Å². The van der Waals surface area contributed by atoms with Gasteiger partial charge in [-0.3, -0.25) is 14.5 Å². The van der Waals surface area contributed by atoms with Crippen molar-refractivity contribution in [3.63, 3.8) is 0 Å². The highest BCUT2D eigenvalue weighted by atomic mass is 16.7. The standard InChI is InChI=1S/C37H40N2O6/c1-26(43-27(2)41)36(42)38-33-19-17-32(18-20-33)37-44-34(21-35(45-37)31-15-13-30(25-40)14-16-31)24-39(22-28-9-5-3-6-10-28)23-29-11-7-4-8-12-29/h3-20,26,34-35,37,40H,21-25H2,1-2H3,(H,38,42)/t26-,34-,35+,37+/m0/s1. The van der Waals surface area contributed by atoms with Crippen LogP contribution < -0.4 is 5.32 Å². The van der Waals surface area contributed by atoms with Crippen LogP contribution >= 0.6 is 0 Å². The number of aliphatic hydroxyl groups excluding tert-OH is 1. The smallest absolute Gasteiger partial charge is 0.303 e. The number of rotatable bonds is 12. The molecule has 1 aliphatic rings. The summed E-state index contributed by atoms with van der Waals surface area (Å²) in [4.78, 5) is 26.1. The Morgan fingerprint density at radius 3 is 1.96 bits per heavy atom. The zero-order chi connectivity index (χ0) is 31.6. The van der Waals surface area contributed by atoms with Gasteiger partial charge in [-0.15, -0.1) is 0 Å². The second kappa shape index (κ2) is 15.6. The van der Waals surface area contributed by atoms with Crippen LogP contribution in [-0.2, 0) is 43.5 Å². The molecule has 45 heavy (non-hydrogen) atoms. The van der Waals surface area contributed by atoms with Gasteiger partial charge in [-0.05, 0) is 41.3 Å². The van der Waals surface area contributed by atoms with E-state index < -0.39 is 24.3 Å². The van der Waals surface area contributed by atoms with Crippen molar-refractivity contribution in [1.29, 1.82) is 0 Å². The normalized spacial score (nSPS) is 18.7. The zero-order valence-corrected chi connectivity index (χ0v) is 25.7. The Labute approximate surface area is 264 Å². The van der Waals surface area contributed by atoms with Gasteiger partial charge in [0.2, 0.25) is 0 Å². The number of nitrogens with one attached hydrogen (secondary N) is 1. The van der Waals surface area contributed by atoms with Crippen LogP contribution in [0.5, 0.6) is 0 Å². The molecule has 0 aliphatic carbocycles. The third kappa shape index (κ3) is 9.33. The Bertz CT molecular complexity index is 1470. The monoisotopic (exact) mass is 608 g/mol. The number of amides is 1. The van der Waals surface area contributed by atoms with Gasteiger partial charge in [0.25, 0.3) is 5.91 Å². The average Bonchev–Trinajstić information content (AvgIpc) is 3.05. The predicted octanol–water partition coefficient (Wildman–Crippen LogP) is 6.32. The predicted molar refractivity (Wildman–Crippen MR) is 172 cm³/mol. The number of ether oxygens (including phenoxy) is 3. The van der Waals surface area contributed by atoms with Gasteiger partial charge < -0.3 is 24.6 Å². The molecule has 0 spiro atoms. The topological polar surface area (TPSA) is 97.3 Å². The second-order valence-corrected chi connectivity index (χ2v) is 11.4. The van der Waals surface area contributed by atoms with Gasteiger partial charge in [-0.2, -0.15) is 0 Å². The van der Waals surface area contributed by atoms with Crippen LogP contribution in [0.15, 0.2) is 109 Å². The molecule has 1 saturated heterocycles. The number of carbonyl (C=O) groups is 2. The molecule has 0 bridgehead atoms. The Hall–Kier alpha value is -4.34. The summed E-state index contributed by atoms with van der Waals surface area (Å²) in [7, 11) is 0. The summed E-state index contributed by atoms with van der Waals surface area (Å²) in [5.41, 5.74) is 5.72. The molecular weight excluding hydrogens is 568 g/mol. The number of aliphatic hydroxyl groups is 1. The van der Waals surface area contributed by atoms with Gasteiger partial charge in [-0.25, -0.2) is 0 Å². The minimum absolute atomic E-state index is 0.0172. The summed E-state index contributed by atoms with van der Waals surface area (Å²) in [6.45, 7) is 5.02. The molecule has 234 valence electrons. The van der Waals surface area contributed by atoms with Crippen LogP contribution in [0.3, 0.4) is 0 Å². The summed E-state index contributed by atoms with van der Waals surface area (Å²) in [5.74, 6) is -0.924. The van der Waals surface area contributed by atoms with E-state index in [0.29, 0.717) is 18.7 Å². The molecule has 8 nitrogen and oxygen atoms in total. The quantitative estimate of drug-likeness (QED) is 0.182. The molecular formula is C37H40N2O6. The van der Waals surface area contributed by atoms with Crippen LogP contribution in [-0.4, -0.2) is 40.6 Å². The number of hydrogen-bond donors (Lipinski definition) is 2. The molecule has 1 fully saturated rings. The zero-order valence-electron chi connectivity index (χ0n) is 25.7. The summed E-state index contributed by atoms with van der Waals surface area (Å²) < 4.78 is 18.1. The van der Waals surface area contributed by atoms with Crippen molar-refractivity contribution < 1.29 is 28.9 Å². The largest absolute Gasteiger partial charge is 0.453 e. The fourth-order valence-electron chi connectivity index (χ4n) is 5.46. The lowest BCUT2D eigenvalue weighted by atomic mass is 9.99. The molecule has 4 atom stereocenters. The van der Waals surface area contributed by atoms with Gasteiger partial charge in [0.15, 0.2) is 12.4 Å². The van der Waals surface area contributed by atoms with Crippen molar-refractivity contribution in [2.75, 3.05) is 11.9 Å². The molecule has 5 rings (SSSR count). The Morgan fingerprint density at radius 2 is 1.40 bits per heavy atom. The first kappa shape index (κ1) is 32.1. The number of hydrogen-bond acceptors (Lipinski definition) is 7. The lowest BCUT2D eigenvalue weighted by Crippen LogP contribution is -2.39. The summed E-state index contributed by atoms with van der Waals surface area (Å²) in [6, 6.07) is 36.0. The molecule has 0 unspecified atom stereocenters. The van der Waals surface area contributed by atoms with E-state index in [0.717, 1.165) is 29.8 Å². The molecule has 1 amide bonds. The average molecular weight is 609 g/mol. The fraction of sp³-hybridized carbons (Fsp3) is 0.297. The third-order valence-electron chi connectivity index (χ3n) is 7.74. The molecule has 4 aromatic rings. The highest BCUT2D eigenvalue weighted by molar-refractivity contribution is 5.94. The van der Waals surface area contributed by atoms with Crippen LogP contribution in [0.25, 0.3) is 0 Å². The van der Waals surface area contributed by atoms with Gasteiger partial charge in [-0.1, -0.05) is 97.1 Å². The second-order valence-electron chi connectivity index (χ2n) is 11.4. The maximum atomic E-state index is 12.4. The van der Waals surface area contributed by atoms with E-state index in [1.54, 1.807) is 12.1 Å². The van der Waals surface area contributed by atoms with E-state index in [2.05, 4.69) is 58.7 Å². The molecule has 1 aliphatic heterocycles. The number of benzene rings is 4. The number of nitrogens with zero attached hydrogens (tertiary/aromatic N) is 1. The van der Waals surface area contributed by atoms with Gasteiger partial charge in [0, 0.05) is 44.2 Å². The maximum Gasteiger partial charge on any atom is 0.303 e. The lowest BCUT2D eigenvalue weighted by molar-refractivity contribution is -0.253. The third-order valence-corrected chi connectivity index (χ3v) is 7.74. The van der Waals surface area contributed by atoms with E-state index >= 15 is 0 Å². The van der Waals surface area contributed by atoms with Gasteiger partial charge >= 0.3 is 5.97 Å². The van der Waals surface area contributed by atoms with E-state index in [9.17, 15) is 14.7 Å². The summed E-state index contributed by atoms with van der Waals surface area (Å²) in [6.07, 6.45) is -1.23. The molecule has 0 aromatic heterocycles. The van der Waals surface area contributed by atoms with E-state index in [1.165, 1.54) is 25.0 Å². The minimum atomic E-state index is -0.902. The molecule has 2 N–H and O–H groups in total. The van der Waals surface area contributed by atoms with E-state index in [-0.39, 0.29) is 18.8 Å². The first-order valence-electron chi connectivity index (χ1n) is 15.2. The summed E-state index contributed by atoms with van der Waals surface area (Å²) in [5, 5.41) is 12.3. The number of carbonyl (C=O) groups excluding carboxylic acids is 2. The van der Waals surface area contributed by atoms with E-state index in [4.69, 9.17) is 14.2 Å². The Kier molecular flexibility index (Phi) is 11.1.